The van der Waals surface area contributed by atoms with E-state index in [1.165, 1.54) is 7.11 Å². The first kappa shape index (κ1) is 11.4. The molecule has 0 aliphatic carbocycles. The highest BCUT2D eigenvalue weighted by atomic mass is 16.5. The topological polar surface area (TPSA) is 46.5 Å². The van der Waals surface area contributed by atoms with Gasteiger partial charge in [0.1, 0.15) is 0 Å². The largest absolute Gasteiger partial charge is 0.469 e. The summed E-state index contributed by atoms with van der Waals surface area (Å²) in [6.07, 6.45) is 0.649. The summed E-state index contributed by atoms with van der Waals surface area (Å²) in [4.78, 5) is 11.0. The van der Waals surface area contributed by atoms with Gasteiger partial charge in [-0.25, -0.2) is 0 Å². The molecule has 0 aromatic rings. The molecule has 0 heterocycles. The smallest absolute Gasteiger partial charge is 0.308 e. The van der Waals surface area contributed by atoms with Gasteiger partial charge in [0.05, 0.1) is 13.0 Å². The van der Waals surface area contributed by atoms with Crippen molar-refractivity contribution in [2.24, 2.45) is 11.3 Å². The van der Waals surface area contributed by atoms with E-state index in [2.05, 4.69) is 4.74 Å². The van der Waals surface area contributed by atoms with Gasteiger partial charge in [-0.3, -0.25) is 4.79 Å². The van der Waals surface area contributed by atoms with E-state index in [4.69, 9.17) is 5.11 Å². The molecule has 1 N–H and O–H groups in total. The maximum absolute atomic E-state index is 11.0. The maximum Gasteiger partial charge on any atom is 0.308 e. The number of methoxy groups -OCH3 is 1. The molecular weight excluding hydrogens is 156 g/mol. The second-order valence-corrected chi connectivity index (χ2v) is 3.95. The lowest BCUT2D eigenvalue weighted by Crippen LogP contribution is -2.24. The molecule has 0 aromatic heterocycles. The van der Waals surface area contributed by atoms with Gasteiger partial charge < -0.3 is 9.84 Å². The molecule has 3 heteroatoms. The average molecular weight is 174 g/mol. The summed E-state index contributed by atoms with van der Waals surface area (Å²) in [5, 5.41) is 8.95. The van der Waals surface area contributed by atoms with Crippen LogP contribution in [0.3, 0.4) is 0 Å². The number of rotatable bonds is 4. The zero-order chi connectivity index (χ0) is 9.78. The van der Waals surface area contributed by atoms with E-state index in [0.717, 1.165) is 0 Å². The SMILES string of the molecule is COC(=O)C(C)CC(C)(C)CO. The Bertz CT molecular complexity index is 152. The molecule has 0 rings (SSSR count). The molecule has 0 aromatic carbocycles. The van der Waals surface area contributed by atoms with Crippen molar-refractivity contribution in [2.45, 2.75) is 27.2 Å². The summed E-state index contributed by atoms with van der Waals surface area (Å²) in [6, 6.07) is 0. The third-order valence-electron chi connectivity index (χ3n) is 1.89. The minimum Gasteiger partial charge on any atom is -0.469 e. The molecule has 0 radical (unpaired) electrons. The van der Waals surface area contributed by atoms with Crippen molar-refractivity contribution < 1.29 is 14.6 Å². The normalized spacial score (nSPS) is 14.1. The molecule has 72 valence electrons. The lowest BCUT2D eigenvalue weighted by atomic mass is 9.84. The van der Waals surface area contributed by atoms with Gasteiger partial charge in [0.2, 0.25) is 0 Å². The van der Waals surface area contributed by atoms with Gasteiger partial charge >= 0.3 is 5.97 Å². The third kappa shape index (κ3) is 3.72. The van der Waals surface area contributed by atoms with Crippen molar-refractivity contribution >= 4 is 5.97 Å². The molecule has 0 aliphatic rings. The van der Waals surface area contributed by atoms with Crippen molar-refractivity contribution in [2.75, 3.05) is 13.7 Å². The molecule has 1 unspecified atom stereocenters. The Hall–Kier alpha value is -0.570. The molecular formula is C9H18O3. The number of esters is 1. The molecule has 0 fully saturated rings. The fourth-order valence-corrected chi connectivity index (χ4v) is 1.18. The van der Waals surface area contributed by atoms with Crippen LogP contribution in [-0.2, 0) is 9.53 Å². The molecule has 0 bridgehead atoms. The standard InChI is InChI=1S/C9H18O3/c1-7(8(11)12-4)5-9(2,3)6-10/h7,10H,5-6H2,1-4H3. The monoisotopic (exact) mass is 174 g/mol. The highest BCUT2D eigenvalue weighted by molar-refractivity contribution is 5.71. The highest BCUT2D eigenvalue weighted by Crippen LogP contribution is 2.24. The first-order valence-corrected chi connectivity index (χ1v) is 4.11. The lowest BCUT2D eigenvalue weighted by Gasteiger charge is -2.24. The Morgan fingerprint density at radius 3 is 2.42 bits per heavy atom. The summed E-state index contributed by atoms with van der Waals surface area (Å²) in [7, 11) is 1.38. The van der Waals surface area contributed by atoms with E-state index < -0.39 is 0 Å². The number of carbonyl (C=O) groups excluding carboxylic acids is 1. The maximum atomic E-state index is 11.0. The van der Waals surface area contributed by atoms with Crippen LogP contribution in [0.4, 0.5) is 0 Å². The fraction of sp³-hybridized carbons (Fsp3) is 0.889. The van der Waals surface area contributed by atoms with Crippen LogP contribution in [-0.4, -0.2) is 24.8 Å². The third-order valence-corrected chi connectivity index (χ3v) is 1.89. The predicted molar refractivity (Wildman–Crippen MR) is 46.7 cm³/mol. The van der Waals surface area contributed by atoms with Crippen molar-refractivity contribution in [1.82, 2.24) is 0 Å². The van der Waals surface area contributed by atoms with Crippen LogP contribution in [0.25, 0.3) is 0 Å². The summed E-state index contributed by atoms with van der Waals surface area (Å²) >= 11 is 0. The Balaban J connectivity index is 3.99. The molecule has 12 heavy (non-hydrogen) atoms. The number of hydrogen-bond donors (Lipinski definition) is 1. The van der Waals surface area contributed by atoms with Crippen LogP contribution in [0, 0.1) is 11.3 Å². The van der Waals surface area contributed by atoms with E-state index in [1.807, 2.05) is 20.8 Å². The predicted octanol–water partition coefficient (Wildman–Crippen LogP) is 1.20. The van der Waals surface area contributed by atoms with Crippen molar-refractivity contribution in [3.05, 3.63) is 0 Å². The number of carbonyl (C=O) groups is 1. The molecule has 1 atom stereocenters. The van der Waals surface area contributed by atoms with Crippen molar-refractivity contribution in [1.29, 1.82) is 0 Å². The Morgan fingerprint density at radius 1 is 1.58 bits per heavy atom. The summed E-state index contributed by atoms with van der Waals surface area (Å²) in [5.74, 6) is -0.353. The van der Waals surface area contributed by atoms with E-state index in [1.54, 1.807) is 0 Å². The second-order valence-electron chi connectivity index (χ2n) is 3.95. The lowest BCUT2D eigenvalue weighted by molar-refractivity contribution is -0.146. The molecule has 0 aliphatic heterocycles. The fourth-order valence-electron chi connectivity index (χ4n) is 1.18. The highest BCUT2D eigenvalue weighted by Gasteiger charge is 2.24. The molecule has 0 saturated heterocycles. The van der Waals surface area contributed by atoms with Crippen LogP contribution < -0.4 is 0 Å². The number of ether oxygens (including phenoxy) is 1. The van der Waals surface area contributed by atoms with E-state index in [-0.39, 0.29) is 23.9 Å². The Labute approximate surface area is 73.7 Å². The molecule has 0 spiro atoms. The minimum absolute atomic E-state index is 0.0916. The second kappa shape index (κ2) is 4.45. The van der Waals surface area contributed by atoms with Gasteiger partial charge in [0.25, 0.3) is 0 Å². The Morgan fingerprint density at radius 2 is 2.08 bits per heavy atom. The van der Waals surface area contributed by atoms with Crippen LogP contribution in [0.1, 0.15) is 27.2 Å². The van der Waals surface area contributed by atoms with Crippen LogP contribution in [0.5, 0.6) is 0 Å². The molecule has 0 amide bonds. The van der Waals surface area contributed by atoms with Gasteiger partial charge in [-0.15, -0.1) is 0 Å². The van der Waals surface area contributed by atoms with E-state index >= 15 is 0 Å². The van der Waals surface area contributed by atoms with Crippen LogP contribution in [0.2, 0.25) is 0 Å². The number of aliphatic hydroxyl groups excluding tert-OH is 1. The van der Waals surface area contributed by atoms with Crippen LogP contribution >= 0.6 is 0 Å². The first-order chi connectivity index (χ1) is 5.43. The first-order valence-electron chi connectivity index (χ1n) is 4.11. The zero-order valence-corrected chi connectivity index (χ0v) is 8.26. The van der Waals surface area contributed by atoms with Gasteiger partial charge in [0.15, 0.2) is 0 Å². The molecule has 0 saturated carbocycles. The average Bonchev–Trinajstić information content (AvgIpc) is 2.02. The summed E-state index contributed by atoms with van der Waals surface area (Å²) < 4.78 is 4.58. The van der Waals surface area contributed by atoms with Crippen LogP contribution in [0.15, 0.2) is 0 Å². The van der Waals surface area contributed by atoms with Gasteiger partial charge in [-0.1, -0.05) is 20.8 Å². The zero-order valence-electron chi connectivity index (χ0n) is 8.26. The number of aliphatic hydroxyl groups is 1. The quantitative estimate of drug-likeness (QED) is 0.651. The van der Waals surface area contributed by atoms with Gasteiger partial charge in [-0.2, -0.15) is 0 Å². The molecule has 3 nitrogen and oxygen atoms in total. The minimum atomic E-state index is -0.212. The van der Waals surface area contributed by atoms with Crippen molar-refractivity contribution in [3.8, 4) is 0 Å². The van der Waals surface area contributed by atoms with E-state index in [0.29, 0.717) is 6.42 Å². The van der Waals surface area contributed by atoms with Gasteiger partial charge in [0, 0.05) is 6.61 Å². The van der Waals surface area contributed by atoms with Gasteiger partial charge in [-0.05, 0) is 11.8 Å². The van der Waals surface area contributed by atoms with Crippen molar-refractivity contribution in [3.63, 3.8) is 0 Å². The Kier molecular flexibility index (Phi) is 4.24. The summed E-state index contributed by atoms with van der Waals surface area (Å²) in [5.41, 5.74) is -0.201. The summed E-state index contributed by atoms with van der Waals surface area (Å²) in [6.45, 7) is 5.75. The number of hydrogen-bond acceptors (Lipinski definition) is 3. The van der Waals surface area contributed by atoms with E-state index in [9.17, 15) is 4.79 Å².